The van der Waals surface area contributed by atoms with Crippen LogP contribution in [0, 0.1) is 0 Å². The second kappa shape index (κ2) is 6.03. The van der Waals surface area contributed by atoms with Crippen LogP contribution in [0.1, 0.15) is 12.5 Å². The number of benzene rings is 2. The van der Waals surface area contributed by atoms with Crippen molar-refractivity contribution in [3.05, 3.63) is 58.6 Å². The van der Waals surface area contributed by atoms with Gasteiger partial charge in [-0.05, 0) is 55.3 Å². The first-order chi connectivity index (χ1) is 8.63. The number of ether oxygens (including phenoxy) is 1. The summed E-state index contributed by atoms with van der Waals surface area (Å²) in [4.78, 5) is 0. The second-order valence-corrected chi connectivity index (χ2v) is 5.30. The zero-order valence-corrected chi connectivity index (χ0v) is 11.9. The zero-order valence-electron chi connectivity index (χ0n) is 10.3. The summed E-state index contributed by atoms with van der Waals surface area (Å²) in [5, 5.41) is 0. The molecule has 2 aromatic rings. The summed E-state index contributed by atoms with van der Waals surface area (Å²) in [5.74, 6) is 1.67. The van der Waals surface area contributed by atoms with Crippen LogP contribution in [0.3, 0.4) is 0 Å². The van der Waals surface area contributed by atoms with Crippen LogP contribution in [0.15, 0.2) is 53.0 Å². The Balaban J connectivity index is 2.04. The van der Waals surface area contributed by atoms with Gasteiger partial charge in [0.05, 0.1) is 0 Å². The summed E-state index contributed by atoms with van der Waals surface area (Å²) >= 11 is 3.40. The van der Waals surface area contributed by atoms with Crippen molar-refractivity contribution < 1.29 is 4.74 Å². The van der Waals surface area contributed by atoms with Gasteiger partial charge in [0.2, 0.25) is 0 Å². The monoisotopic (exact) mass is 305 g/mol. The molecule has 0 radical (unpaired) electrons. The van der Waals surface area contributed by atoms with Crippen molar-refractivity contribution >= 4 is 15.9 Å². The molecule has 0 aliphatic carbocycles. The largest absolute Gasteiger partial charge is 0.457 e. The van der Waals surface area contributed by atoms with Gasteiger partial charge in [-0.2, -0.15) is 0 Å². The molecule has 2 nitrogen and oxygen atoms in total. The Morgan fingerprint density at radius 1 is 1.00 bits per heavy atom. The predicted molar refractivity (Wildman–Crippen MR) is 78.0 cm³/mol. The molecule has 3 heteroatoms. The lowest BCUT2D eigenvalue weighted by molar-refractivity contribution is 0.482. The molecule has 2 N–H and O–H groups in total. The molecular formula is C15H16BrNO. The van der Waals surface area contributed by atoms with E-state index in [-0.39, 0.29) is 6.04 Å². The van der Waals surface area contributed by atoms with E-state index >= 15 is 0 Å². The number of nitrogens with two attached hydrogens (primary N) is 1. The Hall–Kier alpha value is -1.32. The minimum Gasteiger partial charge on any atom is -0.457 e. The van der Waals surface area contributed by atoms with E-state index in [9.17, 15) is 0 Å². The van der Waals surface area contributed by atoms with E-state index in [0.29, 0.717) is 0 Å². The number of hydrogen-bond donors (Lipinski definition) is 1. The van der Waals surface area contributed by atoms with Crippen molar-refractivity contribution in [3.8, 4) is 11.5 Å². The molecule has 0 spiro atoms. The minimum atomic E-state index is 0.184. The molecule has 0 aliphatic rings. The average Bonchev–Trinajstić information content (AvgIpc) is 2.34. The molecule has 18 heavy (non-hydrogen) atoms. The maximum atomic E-state index is 5.76. The normalized spacial score (nSPS) is 12.2. The number of halogens is 1. The molecule has 1 unspecified atom stereocenters. The smallest absolute Gasteiger partial charge is 0.127 e. The molecule has 0 amide bonds. The van der Waals surface area contributed by atoms with E-state index in [2.05, 4.69) is 28.1 Å². The standard InChI is InChI=1S/C15H16BrNO/c1-11(17)10-12-2-6-14(7-3-12)18-15-8-4-13(16)5-9-15/h2-9,11H,10,17H2,1H3. The van der Waals surface area contributed by atoms with Crippen LogP contribution in [0.25, 0.3) is 0 Å². The molecule has 0 saturated heterocycles. The molecule has 94 valence electrons. The lowest BCUT2D eigenvalue weighted by atomic mass is 10.1. The Morgan fingerprint density at radius 3 is 2.00 bits per heavy atom. The quantitative estimate of drug-likeness (QED) is 0.921. The van der Waals surface area contributed by atoms with E-state index in [1.54, 1.807) is 0 Å². The fourth-order valence-corrected chi connectivity index (χ4v) is 1.97. The second-order valence-electron chi connectivity index (χ2n) is 4.38. The molecule has 1 atom stereocenters. The van der Waals surface area contributed by atoms with Crippen molar-refractivity contribution in [2.45, 2.75) is 19.4 Å². The summed E-state index contributed by atoms with van der Waals surface area (Å²) in [6, 6.07) is 16.0. The highest BCUT2D eigenvalue weighted by Gasteiger charge is 2.00. The van der Waals surface area contributed by atoms with Gasteiger partial charge < -0.3 is 10.5 Å². The number of rotatable bonds is 4. The van der Waals surface area contributed by atoms with Crippen molar-refractivity contribution in [1.82, 2.24) is 0 Å². The van der Waals surface area contributed by atoms with Gasteiger partial charge in [0.15, 0.2) is 0 Å². The summed E-state index contributed by atoms with van der Waals surface area (Å²) < 4.78 is 6.78. The van der Waals surface area contributed by atoms with Gasteiger partial charge in [-0.25, -0.2) is 0 Å². The van der Waals surface area contributed by atoms with Crippen molar-refractivity contribution in [1.29, 1.82) is 0 Å². The van der Waals surface area contributed by atoms with Crippen LogP contribution < -0.4 is 10.5 Å². The van der Waals surface area contributed by atoms with Crippen LogP contribution in [0.4, 0.5) is 0 Å². The van der Waals surface area contributed by atoms with Crippen molar-refractivity contribution in [2.24, 2.45) is 5.73 Å². The molecule has 0 aliphatic heterocycles. The Bertz CT molecular complexity index is 491. The molecule has 0 fully saturated rings. The van der Waals surface area contributed by atoms with Crippen LogP contribution in [-0.2, 0) is 6.42 Å². The van der Waals surface area contributed by atoms with E-state index in [4.69, 9.17) is 10.5 Å². The highest BCUT2D eigenvalue weighted by molar-refractivity contribution is 9.10. The van der Waals surface area contributed by atoms with Crippen molar-refractivity contribution in [3.63, 3.8) is 0 Å². The van der Waals surface area contributed by atoms with Gasteiger partial charge in [-0.3, -0.25) is 0 Å². The maximum Gasteiger partial charge on any atom is 0.127 e. The van der Waals surface area contributed by atoms with Gasteiger partial charge in [-0.15, -0.1) is 0 Å². The van der Waals surface area contributed by atoms with Gasteiger partial charge >= 0.3 is 0 Å². The average molecular weight is 306 g/mol. The molecule has 0 saturated carbocycles. The van der Waals surface area contributed by atoms with Gasteiger partial charge in [0.1, 0.15) is 11.5 Å². The number of hydrogen-bond acceptors (Lipinski definition) is 2. The molecular weight excluding hydrogens is 290 g/mol. The van der Waals surface area contributed by atoms with E-state index in [1.807, 2.05) is 43.3 Å². The molecule has 0 aromatic heterocycles. The fourth-order valence-electron chi connectivity index (χ4n) is 1.70. The topological polar surface area (TPSA) is 35.2 Å². The predicted octanol–water partition coefficient (Wildman–Crippen LogP) is 4.13. The van der Waals surface area contributed by atoms with Gasteiger partial charge in [0.25, 0.3) is 0 Å². The molecule has 0 heterocycles. The molecule has 0 bridgehead atoms. The van der Waals surface area contributed by atoms with Crippen LogP contribution in [0.5, 0.6) is 11.5 Å². The van der Waals surface area contributed by atoms with E-state index in [0.717, 1.165) is 22.4 Å². The maximum absolute atomic E-state index is 5.76. The highest BCUT2D eigenvalue weighted by Crippen LogP contribution is 2.23. The zero-order chi connectivity index (χ0) is 13.0. The summed E-state index contributed by atoms with van der Waals surface area (Å²) in [6.45, 7) is 2.01. The fraction of sp³-hybridized carbons (Fsp3) is 0.200. The first-order valence-electron chi connectivity index (χ1n) is 5.91. The third kappa shape index (κ3) is 3.86. The third-order valence-electron chi connectivity index (χ3n) is 2.53. The van der Waals surface area contributed by atoms with E-state index in [1.165, 1.54) is 5.56 Å². The lowest BCUT2D eigenvalue weighted by Gasteiger charge is -2.08. The Labute approximate surface area is 116 Å². The van der Waals surface area contributed by atoms with Gasteiger partial charge in [0, 0.05) is 10.5 Å². The minimum absolute atomic E-state index is 0.184. The molecule has 2 rings (SSSR count). The summed E-state index contributed by atoms with van der Waals surface area (Å²) in [6.07, 6.45) is 0.887. The Morgan fingerprint density at radius 2 is 1.50 bits per heavy atom. The molecule has 2 aromatic carbocycles. The SMILES string of the molecule is CC(N)Cc1ccc(Oc2ccc(Br)cc2)cc1. The van der Waals surface area contributed by atoms with Crippen LogP contribution in [-0.4, -0.2) is 6.04 Å². The van der Waals surface area contributed by atoms with E-state index < -0.39 is 0 Å². The van der Waals surface area contributed by atoms with Crippen molar-refractivity contribution in [2.75, 3.05) is 0 Å². The lowest BCUT2D eigenvalue weighted by Crippen LogP contribution is -2.17. The van der Waals surface area contributed by atoms with Crippen LogP contribution in [0.2, 0.25) is 0 Å². The summed E-state index contributed by atoms with van der Waals surface area (Å²) in [5.41, 5.74) is 6.99. The van der Waals surface area contributed by atoms with Gasteiger partial charge in [-0.1, -0.05) is 28.1 Å². The summed E-state index contributed by atoms with van der Waals surface area (Å²) in [7, 11) is 0. The van der Waals surface area contributed by atoms with Crippen LogP contribution >= 0.6 is 15.9 Å². The first-order valence-corrected chi connectivity index (χ1v) is 6.71. The third-order valence-corrected chi connectivity index (χ3v) is 3.06. The first kappa shape index (κ1) is 13.1. The Kier molecular flexibility index (Phi) is 4.39. The highest BCUT2D eigenvalue weighted by atomic mass is 79.9.